The Morgan fingerprint density at radius 2 is 1.05 bits per heavy atom. The maximum Gasteiger partial charge on any atom is 0.343 e. The molecule has 0 aliphatic carbocycles. The molecule has 0 aliphatic heterocycles. The standard InChI is InChI=1S/C15H9F2NO2.C15H10FNO2/c1-9-2-4-10(5-3-9)15(19)20-11-6-13(16)12(8-18)14(17)7-11;1-10-2-4-11(5-3-10)15(18)19-13-7-6-12(9-17)14(16)8-13/h2-7H,1H3;2-8H,1H3. The summed E-state index contributed by atoms with van der Waals surface area (Å²) in [6.07, 6.45) is 0. The van der Waals surface area contributed by atoms with Crippen molar-refractivity contribution in [1.82, 2.24) is 0 Å². The first kappa shape index (κ1) is 28.2. The molecule has 4 rings (SSSR count). The number of carbonyl (C=O) groups is 2. The van der Waals surface area contributed by atoms with Crippen LogP contribution in [0.2, 0.25) is 0 Å². The average molecular weight is 528 g/mol. The van der Waals surface area contributed by atoms with Crippen LogP contribution in [0.1, 0.15) is 43.0 Å². The van der Waals surface area contributed by atoms with Gasteiger partial charge in [-0.15, -0.1) is 0 Å². The SMILES string of the molecule is Cc1ccc(C(=O)Oc2cc(F)c(C#N)c(F)c2)cc1.Cc1ccc(C(=O)Oc2ccc(C#N)c(F)c2)cc1. The van der Waals surface area contributed by atoms with Crippen molar-refractivity contribution in [2.75, 3.05) is 0 Å². The lowest BCUT2D eigenvalue weighted by Gasteiger charge is -2.06. The van der Waals surface area contributed by atoms with Gasteiger partial charge in [0.1, 0.15) is 46.7 Å². The van der Waals surface area contributed by atoms with Gasteiger partial charge in [0.15, 0.2) is 0 Å². The second kappa shape index (κ2) is 12.7. The molecule has 0 heterocycles. The number of benzene rings is 4. The Morgan fingerprint density at radius 3 is 1.46 bits per heavy atom. The number of aryl methyl sites for hydroxylation is 2. The van der Waals surface area contributed by atoms with Gasteiger partial charge < -0.3 is 9.47 Å². The van der Waals surface area contributed by atoms with Gasteiger partial charge in [-0.1, -0.05) is 35.4 Å². The van der Waals surface area contributed by atoms with E-state index in [1.807, 2.05) is 13.8 Å². The molecule has 0 aliphatic rings. The molecule has 0 saturated heterocycles. The number of nitriles is 2. The van der Waals surface area contributed by atoms with E-state index in [9.17, 15) is 22.8 Å². The molecule has 6 nitrogen and oxygen atoms in total. The molecule has 0 unspecified atom stereocenters. The molecule has 0 atom stereocenters. The van der Waals surface area contributed by atoms with E-state index >= 15 is 0 Å². The van der Waals surface area contributed by atoms with Gasteiger partial charge >= 0.3 is 11.9 Å². The Bertz CT molecular complexity index is 1580. The first-order valence-electron chi connectivity index (χ1n) is 11.3. The molecular weight excluding hydrogens is 509 g/mol. The number of carbonyl (C=O) groups excluding carboxylic acids is 2. The molecule has 0 fully saturated rings. The minimum atomic E-state index is -1.07. The van der Waals surface area contributed by atoms with Crippen molar-refractivity contribution < 1.29 is 32.2 Å². The third kappa shape index (κ3) is 7.54. The Kier molecular flexibility index (Phi) is 9.18. The number of hydrogen-bond donors (Lipinski definition) is 0. The van der Waals surface area contributed by atoms with Gasteiger partial charge in [-0.2, -0.15) is 10.5 Å². The third-order valence-electron chi connectivity index (χ3n) is 5.18. The fourth-order valence-corrected chi connectivity index (χ4v) is 3.08. The molecule has 0 bridgehead atoms. The summed E-state index contributed by atoms with van der Waals surface area (Å²) in [7, 11) is 0. The Morgan fingerprint density at radius 1 is 0.615 bits per heavy atom. The second-order valence-corrected chi connectivity index (χ2v) is 8.14. The van der Waals surface area contributed by atoms with E-state index in [0.29, 0.717) is 5.56 Å². The smallest absolute Gasteiger partial charge is 0.343 e. The van der Waals surface area contributed by atoms with Gasteiger partial charge in [-0.25, -0.2) is 22.8 Å². The van der Waals surface area contributed by atoms with Crippen LogP contribution < -0.4 is 9.47 Å². The van der Waals surface area contributed by atoms with Gasteiger partial charge in [0, 0.05) is 18.2 Å². The molecule has 4 aromatic rings. The fraction of sp³-hybridized carbons (Fsp3) is 0.0667. The average Bonchev–Trinajstić information content (AvgIpc) is 2.90. The molecule has 39 heavy (non-hydrogen) atoms. The molecule has 194 valence electrons. The fourth-order valence-electron chi connectivity index (χ4n) is 3.08. The number of nitrogens with zero attached hydrogens (tertiary/aromatic N) is 2. The Hall–Kier alpha value is -5.41. The molecule has 9 heteroatoms. The van der Waals surface area contributed by atoms with Crippen molar-refractivity contribution in [2.24, 2.45) is 0 Å². The maximum atomic E-state index is 13.4. The van der Waals surface area contributed by atoms with Crippen molar-refractivity contribution >= 4 is 11.9 Å². The molecule has 0 spiro atoms. The Labute approximate surface area is 222 Å². The van der Waals surface area contributed by atoms with E-state index in [4.69, 9.17) is 20.0 Å². The van der Waals surface area contributed by atoms with Gasteiger partial charge in [0.05, 0.1) is 16.7 Å². The molecule has 0 N–H and O–H groups in total. The summed E-state index contributed by atoms with van der Waals surface area (Å²) >= 11 is 0. The molecule has 0 radical (unpaired) electrons. The predicted octanol–water partition coefficient (Wildman–Crippen LogP) is 6.59. The summed E-state index contributed by atoms with van der Waals surface area (Å²) in [6.45, 7) is 3.77. The maximum absolute atomic E-state index is 13.4. The predicted molar refractivity (Wildman–Crippen MR) is 134 cm³/mol. The largest absolute Gasteiger partial charge is 0.423 e. The highest BCUT2D eigenvalue weighted by Crippen LogP contribution is 2.21. The third-order valence-corrected chi connectivity index (χ3v) is 5.18. The van der Waals surface area contributed by atoms with Crippen LogP contribution in [-0.4, -0.2) is 11.9 Å². The quantitative estimate of drug-likeness (QED) is 0.219. The first-order chi connectivity index (χ1) is 18.6. The highest BCUT2D eigenvalue weighted by atomic mass is 19.1. The van der Waals surface area contributed by atoms with Gasteiger partial charge in [0.25, 0.3) is 0 Å². The Balaban J connectivity index is 0.000000216. The zero-order valence-corrected chi connectivity index (χ0v) is 20.7. The van der Waals surface area contributed by atoms with Crippen LogP contribution in [0.3, 0.4) is 0 Å². The van der Waals surface area contributed by atoms with Crippen molar-refractivity contribution in [3.8, 4) is 23.6 Å². The highest BCUT2D eigenvalue weighted by molar-refractivity contribution is 5.91. The lowest BCUT2D eigenvalue weighted by Crippen LogP contribution is -2.09. The monoisotopic (exact) mass is 528 g/mol. The highest BCUT2D eigenvalue weighted by Gasteiger charge is 2.15. The number of esters is 2. The minimum Gasteiger partial charge on any atom is -0.423 e. The van der Waals surface area contributed by atoms with E-state index in [2.05, 4.69) is 0 Å². The molecule has 4 aromatic carbocycles. The number of rotatable bonds is 4. The summed E-state index contributed by atoms with van der Waals surface area (Å²) in [5.74, 6) is -4.36. The topological polar surface area (TPSA) is 100 Å². The van der Waals surface area contributed by atoms with E-state index in [1.54, 1.807) is 54.6 Å². The van der Waals surface area contributed by atoms with Crippen LogP contribution >= 0.6 is 0 Å². The summed E-state index contributed by atoms with van der Waals surface area (Å²) in [6, 6.07) is 21.7. The van der Waals surface area contributed by atoms with E-state index in [1.165, 1.54) is 18.2 Å². The molecule has 0 aromatic heterocycles. The van der Waals surface area contributed by atoms with Crippen molar-refractivity contribution in [3.63, 3.8) is 0 Å². The van der Waals surface area contributed by atoms with Crippen LogP contribution in [0.4, 0.5) is 13.2 Å². The van der Waals surface area contributed by atoms with Crippen LogP contribution in [0, 0.1) is 54.0 Å². The number of halogens is 3. The van der Waals surface area contributed by atoms with E-state index in [0.717, 1.165) is 29.3 Å². The van der Waals surface area contributed by atoms with Crippen LogP contribution in [-0.2, 0) is 0 Å². The zero-order valence-electron chi connectivity index (χ0n) is 20.7. The molecule has 0 saturated carbocycles. The van der Waals surface area contributed by atoms with Crippen LogP contribution in [0.25, 0.3) is 0 Å². The minimum absolute atomic E-state index is 0.0714. The van der Waals surface area contributed by atoms with E-state index in [-0.39, 0.29) is 22.6 Å². The van der Waals surface area contributed by atoms with Crippen molar-refractivity contribution in [1.29, 1.82) is 10.5 Å². The lowest BCUT2D eigenvalue weighted by atomic mass is 10.1. The summed E-state index contributed by atoms with van der Waals surface area (Å²) in [5, 5.41) is 17.1. The summed E-state index contributed by atoms with van der Waals surface area (Å²) in [5.41, 5.74) is 1.85. The van der Waals surface area contributed by atoms with Crippen molar-refractivity contribution in [2.45, 2.75) is 13.8 Å². The van der Waals surface area contributed by atoms with E-state index < -0.39 is 35.0 Å². The molecule has 0 amide bonds. The van der Waals surface area contributed by atoms with Crippen LogP contribution in [0.5, 0.6) is 11.5 Å². The summed E-state index contributed by atoms with van der Waals surface area (Å²) in [4.78, 5) is 23.6. The van der Waals surface area contributed by atoms with Gasteiger partial charge in [-0.05, 0) is 50.2 Å². The zero-order chi connectivity index (χ0) is 28.5. The first-order valence-corrected chi connectivity index (χ1v) is 11.3. The molecular formula is C30H19F3N2O4. The normalized spacial score (nSPS) is 9.82. The lowest BCUT2D eigenvalue weighted by molar-refractivity contribution is 0.0724. The van der Waals surface area contributed by atoms with Gasteiger partial charge in [0.2, 0.25) is 0 Å². The summed E-state index contributed by atoms with van der Waals surface area (Å²) < 4.78 is 50.0. The number of ether oxygens (including phenoxy) is 2. The van der Waals surface area contributed by atoms with Gasteiger partial charge in [-0.3, -0.25) is 0 Å². The number of hydrogen-bond acceptors (Lipinski definition) is 6. The second-order valence-electron chi connectivity index (χ2n) is 8.14. The van der Waals surface area contributed by atoms with Crippen molar-refractivity contribution in [3.05, 3.63) is 130 Å². The van der Waals surface area contributed by atoms with Crippen LogP contribution in [0.15, 0.2) is 78.9 Å².